The highest BCUT2D eigenvalue weighted by Crippen LogP contribution is 2.21. The Kier molecular flexibility index (Phi) is 4.54. The Morgan fingerprint density at radius 2 is 1.63 bits per heavy atom. The molecule has 1 fully saturated rings. The number of aryl methyl sites for hydroxylation is 1. The fraction of sp³-hybridized carbons (Fsp3) is 0.238. The van der Waals surface area contributed by atoms with E-state index in [1.165, 1.54) is 0 Å². The maximum absolute atomic E-state index is 13.1. The van der Waals surface area contributed by atoms with Gasteiger partial charge in [-0.15, -0.1) is 0 Å². The molecule has 138 valence electrons. The number of para-hydroxylation sites is 1. The number of carbonyl (C=O) groups is 1. The molecule has 2 aromatic carbocycles. The van der Waals surface area contributed by atoms with E-state index in [-0.39, 0.29) is 5.91 Å². The van der Waals surface area contributed by atoms with Crippen molar-refractivity contribution in [3.63, 3.8) is 0 Å². The van der Waals surface area contributed by atoms with Crippen molar-refractivity contribution < 1.29 is 4.79 Å². The van der Waals surface area contributed by atoms with Gasteiger partial charge >= 0.3 is 0 Å². The van der Waals surface area contributed by atoms with E-state index < -0.39 is 0 Å². The molecule has 6 nitrogen and oxygen atoms in total. The molecule has 0 atom stereocenters. The van der Waals surface area contributed by atoms with Crippen LogP contribution in [0.3, 0.4) is 0 Å². The van der Waals surface area contributed by atoms with Crippen LogP contribution in [-0.2, 0) is 0 Å². The standard InChI is InChI=1S/C21H23N5O/c1-16-14-20(26(23-16)18-7-3-2-4-8-18)21(27)25-12-10-24(11-13-25)19-9-5-6-17(22)15-19/h2-9,14-15H,10-13,22H2,1H3. The van der Waals surface area contributed by atoms with Crippen molar-refractivity contribution >= 4 is 17.3 Å². The smallest absolute Gasteiger partial charge is 0.272 e. The van der Waals surface area contributed by atoms with Crippen molar-refractivity contribution in [1.29, 1.82) is 0 Å². The number of nitrogens with two attached hydrogens (primary N) is 1. The van der Waals surface area contributed by atoms with Crippen LogP contribution in [0.4, 0.5) is 11.4 Å². The SMILES string of the molecule is Cc1cc(C(=O)N2CCN(c3cccc(N)c3)CC2)n(-c2ccccc2)n1. The molecule has 3 aromatic rings. The summed E-state index contributed by atoms with van der Waals surface area (Å²) in [6.45, 7) is 4.83. The Hall–Kier alpha value is -3.28. The average Bonchev–Trinajstić information content (AvgIpc) is 3.10. The molecule has 0 spiro atoms. The second kappa shape index (κ2) is 7.15. The summed E-state index contributed by atoms with van der Waals surface area (Å²) in [5, 5.41) is 4.51. The molecule has 1 aliphatic heterocycles. The first-order valence-corrected chi connectivity index (χ1v) is 9.14. The predicted octanol–water partition coefficient (Wildman–Crippen LogP) is 2.73. The van der Waals surface area contributed by atoms with Crippen molar-refractivity contribution in [1.82, 2.24) is 14.7 Å². The number of carbonyl (C=O) groups excluding carboxylic acids is 1. The number of nitrogen functional groups attached to an aromatic ring is 1. The minimum absolute atomic E-state index is 0.0201. The summed E-state index contributed by atoms with van der Waals surface area (Å²) < 4.78 is 1.74. The molecule has 27 heavy (non-hydrogen) atoms. The van der Waals surface area contributed by atoms with Gasteiger partial charge in [-0.1, -0.05) is 24.3 Å². The van der Waals surface area contributed by atoms with Gasteiger partial charge < -0.3 is 15.5 Å². The molecular formula is C21H23N5O. The summed E-state index contributed by atoms with van der Waals surface area (Å²) in [7, 11) is 0. The molecule has 0 aliphatic carbocycles. The second-order valence-corrected chi connectivity index (χ2v) is 6.79. The van der Waals surface area contributed by atoms with Crippen molar-refractivity contribution in [2.75, 3.05) is 36.8 Å². The molecule has 6 heteroatoms. The first-order chi connectivity index (χ1) is 13.1. The Morgan fingerprint density at radius 1 is 0.926 bits per heavy atom. The third-order valence-electron chi connectivity index (χ3n) is 4.85. The quantitative estimate of drug-likeness (QED) is 0.729. The van der Waals surface area contributed by atoms with E-state index in [9.17, 15) is 4.79 Å². The van der Waals surface area contributed by atoms with Gasteiger partial charge in [0.05, 0.1) is 11.4 Å². The highest BCUT2D eigenvalue weighted by Gasteiger charge is 2.25. The number of piperazine rings is 1. The number of hydrogen-bond donors (Lipinski definition) is 1. The van der Waals surface area contributed by atoms with Gasteiger partial charge in [0.1, 0.15) is 5.69 Å². The summed E-state index contributed by atoms with van der Waals surface area (Å²) in [5.74, 6) is 0.0201. The number of aromatic nitrogens is 2. The zero-order valence-electron chi connectivity index (χ0n) is 15.4. The van der Waals surface area contributed by atoms with Crippen LogP contribution in [0.2, 0.25) is 0 Å². The number of rotatable bonds is 3. The summed E-state index contributed by atoms with van der Waals surface area (Å²) in [6.07, 6.45) is 0. The zero-order valence-corrected chi connectivity index (χ0v) is 15.4. The number of anilines is 2. The van der Waals surface area contributed by atoms with Gasteiger partial charge in [0, 0.05) is 37.6 Å². The topological polar surface area (TPSA) is 67.4 Å². The van der Waals surface area contributed by atoms with E-state index in [0.29, 0.717) is 18.8 Å². The molecule has 1 amide bonds. The molecule has 2 N–H and O–H groups in total. The summed E-state index contributed by atoms with van der Waals surface area (Å²) in [6, 6.07) is 19.5. The van der Waals surface area contributed by atoms with E-state index in [4.69, 9.17) is 5.73 Å². The van der Waals surface area contributed by atoms with E-state index >= 15 is 0 Å². The first-order valence-electron chi connectivity index (χ1n) is 9.14. The van der Waals surface area contributed by atoms with E-state index in [1.54, 1.807) is 4.68 Å². The van der Waals surface area contributed by atoms with Crippen LogP contribution in [-0.4, -0.2) is 46.8 Å². The van der Waals surface area contributed by atoms with Crippen LogP contribution < -0.4 is 10.6 Å². The average molecular weight is 361 g/mol. The normalized spacial score (nSPS) is 14.4. The molecule has 0 bridgehead atoms. The summed E-state index contributed by atoms with van der Waals surface area (Å²) in [4.78, 5) is 17.3. The molecule has 1 aliphatic rings. The van der Waals surface area contributed by atoms with E-state index in [1.807, 2.05) is 66.4 Å². The van der Waals surface area contributed by atoms with Crippen molar-refractivity contribution in [3.8, 4) is 5.69 Å². The molecule has 0 saturated carbocycles. The van der Waals surface area contributed by atoms with Crippen LogP contribution in [0.1, 0.15) is 16.2 Å². The van der Waals surface area contributed by atoms with Crippen molar-refractivity contribution in [3.05, 3.63) is 72.1 Å². The Balaban J connectivity index is 1.51. The molecule has 0 radical (unpaired) electrons. The van der Waals surface area contributed by atoms with Gasteiger partial charge in [-0.2, -0.15) is 5.10 Å². The maximum Gasteiger partial charge on any atom is 0.272 e. The van der Waals surface area contributed by atoms with E-state index in [0.717, 1.165) is 35.8 Å². The van der Waals surface area contributed by atoms with Gasteiger partial charge in [-0.05, 0) is 43.3 Å². The minimum Gasteiger partial charge on any atom is -0.399 e. The Labute approximate surface area is 158 Å². The molecular weight excluding hydrogens is 338 g/mol. The minimum atomic E-state index is 0.0201. The fourth-order valence-electron chi connectivity index (χ4n) is 3.47. The highest BCUT2D eigenvalue weighted by molar-refractivity contribution is 5.93. The largest absolute Gasteiger partial charge is 0.399 e. The van der Waals surface area contributed by atoms with Crippen LogP contribution in [0.25, 0.3) is 5.69 Å². The first kappa shape index (κ1) is 17.1. The zero-order chi connectivity index (χ0) is 18.8. The lowest BCUT2D eigenvalue weighted by molar-refractivity contribution is 0.0737. The number of benzene rings is 2. The maximum atomic E-state index is 13.1. The lowest BCUT2D eigenvalue weighted by Crippen LogP contribution is -2.49. The number of nitrogens with zero attached hydrogens (tertiary/aromatic N) is 4. The van der Waals surface area contributed by atoms with Crippen LogP contribution in [0.5, 0.6) is 0 Å². The van der Waals surface area contributed by atoms with Gasteiger partial charge in [0.15, 0.2) is 0 Å². The molecule has 1 saturated heterocycles. The number of amides is 1. The van der Waals surface area contributed by atoms with Gasteiger partial charge in [-0.25, -0.2) is 4.68 Å². The lowest BCUT2D eigenvalue weighted by atomic mass is 10.2. The Morgan fingerprint density at radius 3 is 2.33 bits per heavy atom. The monoisotopic (exact) mass is 361 g/mol. The van der Waals surface area contributed by atoms with Crippen molar-refractivity contribution in [2.24, 2.45) is 0 Å². The van der Waals surface area contributed by atoms with Crippen LogP contribution >= 0.6 is 0 Å². The van der Waals surface area contributed by atoms with E-state index in [2.05, 4.69) is 16.1 Å². The Bertz CT molecular complexity index is 942. The second-order valence-electron chi connectivity index (χ2n) is 6.79. The molecule has 0 unspecified atom stereocenters. The molecule has 4 rings (SSSR count). The van der Waals surface area contributed by atoms with Crippen LogP contribution in [0, 0.1) is 6.92 Å². The molecule has 1 aromatic heterocycles. The highest BCUT2D eigenvalue weighted by atomic mass is 16.2. The van der Waals surface area contributed by atoms with Crippen molar-refractivity contribution in [2.45, 2.75) is 6.92 Å². The summed E-state index contributed by atoms with van der Waals surface area (Å²) in [5.41, 5.74) is 10.1. The van der Waals surface area contributed by atoms with Crippen LogP contribution in [0.15, 0.2) is 60.7 Å². The third-order valence-corrected chi connectivity index (χ3v) is 4.85. The predicted molar refractivity (Wildman–Crippen MR) is 107 cm³/mol. The summed E-state index contributed by atoms with van der Waals surface area (Å²) >= 11 is 0. The van der Waals surface area contributed by atoms with Gasteiger partial charge in [-0.3, -0.25) is 4.79 Å². The van der Waals surface area contributed by atoms with Gasteiger partial charge in [0.25, 0.3) is 5.91 Å². The van der Waals surface area contributed by atoms with Gasteiger partial charge in [0.2, 0.25) is 0 Å². The lowest BCUT2D eigenvalue weighted by Gasteiger charge is -2.36. The third kappa shape index (κ3) is 3.51. The molecule has 2 heterocycles. The fourth-order valence-corrected chi connectivity index (χ4v) is 3.47. The number of hydrogen-bond acceptors (Lipinski definition) is 4.